The summed E-state index contributed by atoms with van der Waals surface area (Å²) >= 11 is 0. The van der Waals surface area contributed by atoms with Crippen LogP contribution in [0.2, 0.25) is 0 Å². The Morgan fingerprint density at radius 1 is 0.719 bits per heavy atom. The molecule has 0 saturated heterocycles. The second-order valence-corrected chi connectivity index (χ2v) is 9.26. The van der Waals surface area contributed by atoms with Gasteiger partial charge in [-0.25, -0.2) is 0 Å². The predicted octanol–water partition coefficient (Wildman–Crippen LogP) is 6.39. The van der Waals surface area contributed by atoms with Gasteiger partial charge in [-0.15, -0.1) is 5.11 Å². The first kappa shape index (κ1) is 25.8. The van der Waals surface area contributed by atoms with Gasteiger partial charge in [0.05, 0.1) is 22.0 Å². The maximum absolute atomic E-state index is 11.0. The molecule has 32 heavy (non-hydrogen) atoms. The standard InChI is InChI=1S/C22H22N4O4S.Na/c1-22(2,3)15-4-13-21(27)20(14-15)26-25-17-7-5-16(6-8-17)23-24-18-9-11-19(12-10-18)31(28,29)30;/h4-14,27H,1-3H3,(H,28,29,30);. The Morgan fingerprint density at radius 2 is 1.16 bits per heavy atom. The first-order valence-corrected chi connectivity index (χ1v) is 10.8. The molecule has 0 aromatic heterocycles. The van der Waals surface area contributed by atoms with Gasteiger partial charge in [0, 0.05) is 29.6 Å². The van der Waals surface area contributed by atoms with Gasteiger partial charge < -0.3 is 5.11 Å². The van der Waals surface area contributed by atoms with Crippen molar-refractivity contribution in [2.75, 3.05) is 0 Å². The van der Waals surface area contributed by atoms with E-state index in [1.807, 2.05) is 12.1 Å². The summed E-state index contributed by atoms with van der Waals surface area (Å²) < 4.78 is 31.1. The zero-order valence-corrected chi connectivity index (χ0v) is 21.1. The van der Waals surface area contributed by atoms with Gasteiger partial charge in [0.1, 0.15) is 11.4 Å². The first-order valence-electron chi connectivity index (χ1n) is 9.37. The largest absolute Gasteiger partial charge is 0.506 e. The maximum Gasteiger partial charge on any atom is 0.294 e. The quantitative estimate of drug-likeness (QED) is 0.260. The molecule has 0 bridgehead atoms. The van der Waals surface area contributed by atoms with Gasteiger partial charge in [0.2, 0.25) is 0 Å². The van der Waals surface area contributed by atoms with Crippen molar-refractivity contribution in [1.82, 2.24) is 0 Å². The van der Waals surface area contributed by atoms with E-state index < -0.39 is 10.1 Å². The van der Waals surface area contributed by atoms with E-state index in [2.05, 4.69) is 41.2 Å². The van der Waals surface area contributed by atoms with Crippen molar-refractivity contribution < 1.29 is 18.1 Å². The monoisotopic (exact) mass is 461 g/mol. The molecule has 10 heteroatoms. The second-order valence-electron chi connectivity index (χ2n) is 7.84. The zero-order chi connectivity index (χ0) is 22.6. The van der Waals surface area contributed by atoms with Gasteiger partial charge in [-0.1, -0.05) is 26.8 Å². The molecule has 0 heterocycles. The van der Waals surface area contributed by atoms with Gasteiger partial charge >= 0.3 is 0 Å². The van der Waals surface area contributed by atoms with Gasteiger partial charge in [-0.2, -0.15) is 23.8 Å². The second kappa shape index (κ2) is 10.5. The topological polar surface area (TPSA) is 124 Å². The van der Waals surface area contributed by atoms with Crippen LogP contribution in [0.5, 0.6) is 5.75 Å². The molecule has 0 fully saturated rings. The summed E-state index contributed by atoms with van der Waals surface area (Å²) in [7, 11) is -4.24. The van der Waals surface area contributed by atoms with Crippen LogP contribution in [0.15, 0.2) is 92.1 Å². The molecule has 0 amide bonds. The number of rotatable bonds is 5. The van der Waals surface area contributed by atoms with E-state index in [0.29, 0.717) is 22.7 Å². The number of phenols is 1. The summed E-state index contributed by atoms with van der Waals surface area (Å²) in [6, 6.07) is 17.5. The molecule has 3 aromatic rings. The van der Waals surface area contributed by atoms with Crippen molar-refractivity contribution in [3.8, 4) is 5.75 Å². The Labute approximate surface area is 209 Å². The van der Waals surface area contributed by atoms with Crippen molar-refractivity contribution in [1.29, 1.82) is 0 Å². The van der Waals surface area contributed by atoms with E-state index in [1.54, 1.807) is 30.3 Å². The summed E-state index contributed by atoms with van der Waals surface area (Å²) in [6.07, 6.45) is 0. The van der Waals surface area contributed by atoms with Crippen LogP contribution in [0.1, 0.15) is 26.3 Å². The third kappa shape index (κ3) is 7.04. The molecule has 8 nitrogen and oxygen atoms in total. The molecule has 0 unspecified atom stereocenters. The first-order chi connectivity index (χ1) is 14.5. The van der Waals surface area contributed by atoms with Crippen LogP contribution in [0.3, 0.4) is 0 Å². The summed E-state index contributed by atoms with van der Waals surface area (Å²) in [5.41, 5.74) is 2.94. The van der Waals surface area contributed by atoms with Crippen LogP contribution in [-0.4, -0.2) is 47.6 Å². The van der Waals surface area contributed by atoms with E-state index in [4.69, 9.17) is 4.55 Å². The zero-order valence-electron chi connectivity index (χ0n) is 18.3. The Balaban J connectivity index is 0.00000363. The van der Waals surface area contributed by atoms with E-state index in [1.165, 1.54) is 24.3 Å². The van der Waals surface area contributed by atoms with Crippen molar-refractivity contribution in [3.05, 3.63) is 72.3 Å². The molecule has 0 spiro atoms. The smallest absolute Gasteiger partial charge is 0.294 e. The van der Waals surface area contributed by atoms with Crippen LogP contribution in [0.25, 0.3) is 0 Å². The van der Waals surface area contributed by atoms with Crippen molar-refractivity contribution in [2.24, 2.45) is 20.5 Å². The molecule has 1 radical (unpaired) electrons. The molecule has 0 atom stereocenters. The molecule has 0 aliphatic carbocycles. The Bertz CT molecular complexity index is 1230. The van der Waals surface area contributed by atoms with Crippen LogP contribution < -0.4 is 0 Å². The van der Waals surface area contributed by atoms with Crippen LogP contribution >= 0.6 is 0 Å². The fourth-order valence-corrected chi connectivity index (χ4v) is 3.05. The van der Waals surface area contributed by atoms with Crippen LogP contribution in [0.4, 0.5) is 22.7 Å². The number of phenolic OH excluding ortho intramolecular Hbond substituents is 1. The molecule has 0 aliphatic rings. The SMILES string of the molecule is CC(C)(C)c1ccc(O)c(N=Nc2ccc(N=Nc3ccc(S(=O)(=O)O)cc3)cc2)c1.[Na]. The molecule has 3 aromatic carbocycles. The predicted molar refractivity (Wildman–Crippen MR) is 124 cm³/mol. The number of hydrogen-bond donors (Lipinski definition) is 2. The van der Waals surface area contributed by atoms with Gasteiger partial charge in [-0.05, 0) is 71.6 Å². The maximum atomic E-state index is 11.0. The van der Waals surface area contributed by atoms with Gasteiger partial charge in [0.15, 0.2) is 0 Å². The van der Waals surface area contributed by atoms with Crippen molar-refractivity contribution in [2.45, 2.75) is 31.1 Å². The van der Waals surface area contributed by atoms with Crippen molar-refractivity contribution >= 4 is 62.4 Å². The molecule has 2 N–H and O–H groups in total. The van der Waals surface area contributed by atoms with Crippen LogP contribution in [0, 0.1) is 0 Å². The fourth-order valence-electron chi connectivity index (χ4n) is 2.57. The molecule has 3 rings (SSSR count). The summed E-state index contributed by atoms with van der Waals surface area (Å²) in [4.78, 5) is -0.208. The number of benzene rings is 3. The number of azo groups is 2. The van der Waals surface area contributed by atoms with E-state index in [9.17, 15) is 13.5 Å². The molecular formula is C22H22N4NaO4S. The minimum absolute atomic E-state index is 0. The van der Waals surface area contributed by atoms with E-state index in [-0.39, 0.29) is 45.6 Å². The molecular weight excluding hydrogens is 439 g/mol. The minimum Gasteiger partial charge on any atom is -0.506 e. The van der Waals surface area contributed by atoms with Crippen LogP contribution in [-0.2, 0) is 15.5 Å². The molecule has 0 saturated carbocycles. The minimum atomic E-state index is -4.24. The average molecular weight is 461 g/mol. The third-order valence-electron chi connectivity index (χ3n) is 4.38. The summed E-state index contributed by atoms with van der Waals surface area (Å²) in [5.74, 6) is 0.0576. The molecule has 0 aliphatic heterocycles. The Kier molecular flexibility index (Phi) is 8.44. The number of nitrogens with zero attached hydrogens (tertiary/aromatic N) is 4. The Hall–Kier alpha value is -2.43. The fraction of sp³-hybridized carbons (Fsp3) is 0.182. The number of aromatic hydroxyl groups is 1. The molecule has 161 valence electrons. The van der Waals surface area contributed by atoms with Crippen molar-refractivity contribution in [3.63, 3.8) is 0 Å². The van der Waals surface area contributed by atoms with Gasteiger partial charge in [0.25, 0.3) is 10.1 Å². The third-order valence-corrected chi connectivity index (χ3v) is 5.25. The Morgan fingerprint density at radius 3 is 1.59 bits per heavy atom. The average Bonchev–Trinajstić information content (AvgIpc) is 2.71. The normalized spacial score (nSPS) is 12.2. The van der Waals surface area contributed by atoms with Gasteiger partial charge in [-0.3, -0.25) is 4.55 Å². The number of hydrogen-bond acceptors (Lipinski definition) is 7. The summed E-state index contributed by atoms with van der Waals surface area (Å²) in [5, 5.41) is 26.5. The van der Waals surface area contributed by atoms with E-state index >= 15 is 0 Å². The van der Waals surface area contributed by atoms with E-state index in [0.717, 1.165) is 5.56 Å². The summed E-state index contributed by atoms with van der Waals surface area (Å²) in [6.45, 7) is 6.24.